The number of nitrogens with zero attached hydrogens (tertiary/aromatic N) is 2. The Kier molecular flexibility index (Phi) is 4.03. The molecule has 8 heteroatoms. The number of nitrogens with two attached hydrogens (primary N) is 1. The molecule has 1 aromatic rings. The van der Waals surface area contributed by atoms with Gasteiger partial charge in [-0.2, -0.15) is 5.10 Å². The maximum Gasteiger partial charge on any atom is 0.271 e. The molecule has 20 heavy (non-hydrogen) atoms. The molecule has 1 aliphatic heterocycles. The summed E-state index contributed by atoms with van der Waals surface area (Å²) < 4.78 is 24.2. The number of carbonyl (C=O) groups excluding carboxylic acids is 1. The highest BCUT2D eigenvalue weighted by atomic mass is 32.2. The first-order valence-electron chi connectivity index (χ1n) is 6.64. The van der Waals surface area contributed by atoms with Gasteiger partial charge in [-0.25, -0.2) is 8.42 Å². The summed E-state index contributed by atoms with van der Waals surface area (Å²) in [6.07, 6.45) is 1.26. The first kappa shape index (κ1) is 14.8. The second kappa shape index (κ2) is 5.43. The first-order valence-corrected chi connectivity index (χ1v) is 8.46. The maximum absolute atomic E-state index is 12.1. The molecule has 0 saturated carbocycles. The van der Waals surface area contributed by atoms with Gasteiger partial charge in [-0.1, -0.05) is 6.92 Å². The van der Waals surface area contributed by atoms with Crippen LogP contribution >= 0.6 is 0 Å². The van der Waals surface area contributed by atoms with Gasteiger partial charge < -0.3 is 11.1 Å². The average Bonchev–Trinajstić information content (AvgIpc) is 2.86. The number of nitrogen functional groups attached to an aromatic ring is 1. The molecule has 1 aromatic heterocycles. The van der Waals surface area contributed by atoms with Crippen molar-refractivity contribution < 1.29 is 13.2 Å². The minimum absolute atomic E-state index is 0.0101. The second-order valence-electron chi connectivity index (χ2n) is 5.17. The van der Waals surface area contributed by atoms with Gasteiger partial charge in [0, 0.05) is 13.6 Å². The van der Waals surface area contributed by atoms with Gasteiger partial charge >= 0.3 is 0 Å². The molecule has 2 rings (SSSR count). The Morgan fingerprint density at radius 3 is 2.75 bits per heavy atom. The molecule has 7 nitrogen and oxygen atoms in total. The van der Waals surface area contributed by atoms with Gasteiger partial charge in [0.1, 0.15) is 5.69 Å². The lowest BCUT2D eigenvalue weighted by molar-refractivity contribution is 0.0940. The summed E-state index contributed by atoms with van der Waals surface area (Å²) in [6.45, 7) is 2.27. The molecule has 1 fully saturated rings. The summed E-state index contributed by atoms with van der Waals surface area (Å²) >= 11 is 0. The number of rotatable bonds is 4. The fraction of sp³-hybridized carbons (Fsp3) is 0.667. The predicted molar refractivity (Wildman–Crippen MR) is 76.1 cm³/mol. The van der Waals surface area contributed by atoms with Crippen LogP contribution in [0.25, 0.3) is 0 Å². The normalized spacial score (nSPS) is 21.0. The summed E-state index contributed by atoms with van der Waals surface area (Å²) in [5.74, 6) is 0.0426. The van der Waals surface area contributed by atoms with Gasteiger partial charge in [-0.3, -0.25) is 9.48 Å². The minimum Gasteiger partial charge on any atom is -0.395 e. The van der Waals surface area contributed by atoms with Crippen molar-refractivity contribution >= 4 is 21.4 Å². The third-order valence-corrected chi connectivity index (χ3v) is 5.43. The van der Waals surface area contributed by atoms with E-state index in [-0.39, 0.29) is 23.3 Å². The number of carbonyl (C=O) groups is 1. The van der Waals surface area contributed by atoms with E-state index >= 15 is 0 Å². The van der Waals surface area contributed by atoms with Crippen LogP contribution in [0.15, 0.2) is 0 Å². The number of aromatic nitrogens is 2. The maximum atomic E-state index is 12.1. The Balaban J connectivity index is 2.01. The zero-order chi connectivity index (χ0) is 14.9. The van der Waals surface area contributed by atoms with Crippen molar-refractivity contribution in [3.05, 3.63) is 11.4 Å². The van der Waals surface area contributed by atoms with Gasteiger partial charge in [0.15, 0.2) is 9.84 Å². The van der Waals surface area contributed by atoms with Crippen molar-refractivity contribution in [1.82, 2.24) is 15.1 Å². The Morgan fingerprint density at radius 1 is 1.55 bits per heavy atom. The number of amides is 1. The van der Waals surface area contributed by atoms with Crippen molar-refractivity contribution in [1.29, 1.82) is 0 Å². The van der Waals surface area contributed by atoms with Gasteiger partial charge in [0.2, 0.25) is 0 Å². The average molecular weight is 300 g/mol. The molecule has 1 amide bonds. The third-order valence-electron chi connectivity index (χ3n) is 3.59. The minimum atomic E-state index is -2.92. The van der Waals surface area contributed by atoms with Gasteiger partial charge in [-0.15, -0.1) is 0 Å². The van der Waals surface area contributed by atoms with Crippen LogP contribution < -0.4 is 11.1 Å². The molecule has 1 saturated heterocycles. The van der Waals surface area contributed by atoms with Crippen LogP contribution in [0.3, 0.4) is 0 Å². The number of nitrogens with one attached hydrogen (secondary N) is 1. The second-order valence-corrected chi connectivity index (χ2v) is 7.39. The van der Waals surface area contributed by atoms with E-state index in [4.69, 9.17) is 5.73 Å². The van der Waals surface area contributed by atoms with Crippen molar-refractivity contribution in [2.75, 3.05) is 23.8 Å². The van der Waals surface area contributed by atoms with Crippen LogP contribution in [-0.4, -0.2) is 42.2 Å². The van der Waals surface area contributed by atoms with Crippen LogP contribution in [0.1, 0.15) is 29.5 Å². The largest absolute Gasteiger partial charge is 0.395 e. The SMILES string of the molecule is CCc1nn(C)c(C(=O)NCC2CCS(=O)(=O)C2)c1N. The molecule has 3 N–H and O–H groups in total. The van der Waals surface area contributed by atoms with Crippen molar-refractivity contribution in [3.8, 4) is 0 Å². The summed E-state index contributed by atoms with van der Waals surface area (Å²) in [5.41, 5.74) is 7.33. The van der Waals surface area contributed by atoms with Crippen molar-refractivity contribution in [2.45, 2.75) is 19.8 Å². The molecule has 2 heterocycles. The molecule has 0 radical (unpaired) electrons. The van der Waals surface area contributed by atoms with Crippen LogP contribution in [0.5, 0.6) is 0 Å². The molecule has 112 valence electrons. The van der Waals surface area contributed by atoms with Gasteiger partial charge in [-0.05, 0) is 18.8 Å². The monoisotopic (exact) mass is 300 g/mol. The zero-order valence-corrected chi connectivity index (χ0v) is 12.5. The van der Waals surface area contributed by atoms with Crippen molar-refractivity contribution in [2.24, 2.45) is 13.0 Å². The molecule has 0 aliphatic carbocycles. The molecule has 1 atom stereocenters. The van der Waals surface area contributed by atoms with E-state index < -0.39 is 9.84 Å². The molecular formula is C12H20N4O3S. The van der Waals surface area contributed by atoms with E-state index in [1.54, 1.807) is 7.05 Å². The van der Waals surface area contributed by atoms with E-state index in [1.165, 1.54) is 4.68 Å². The number of anilines is 1. The zero-order valence-electron chi connectivity index (χ0n) is 11.7. The molecule has 0 aromatic carbocycles. The molecular weight excluding hydrogens is 280 g/mol. The third kappa shape index (κ3) is 2.95. The van der Waals surface area contributed by atoms with E-state index in [2.05, 4.69) is 10.4 Å². The smallest absolute Gasteiger partial charge is 0.271 e. The van der Waals surface area contributed by atoms with Crippen LogP contribution in [0.2, 0.25) is 0 Å². The molecule has 0 spiro atoms. The number of sulfone groups is 1. The lowest BCUT2D eigenvalue weighted by atomic mass is 10.1. The van der Waals surface area contributed by atoms with Gasteiger partial charge in [0.25, 0.3) is 5.91 Å². The van der Waals surface area contributed by atoms with Gasteiger partial charge in [0.05, 0.1) is 22.9 Å². The molecule has 1 unspecified atom stereocenters. The summed E-state index contributed by atoms with van der Waals surface area (Å²) in [6, 6.07) is 0. The Labute approximate surface area is 118 Å². The highest BCUT2D eigenvalue weighted by Gasteiger charge is 2.28. The Morgan fingerprint density at radius 2 is 2.25 bits per heavy atom. The van der Waals surface area contributed by atoms with E-state index in [9.17, 15) is 13.2 Å². The number of hydrogen-bond acceptors (Lipinski definition) is 5. The quantitative estimate of drug-likeness (QED) is 0.796. The standard InChI is InChI=1S/C12H20N4O3S/c1-3-9-10(13)11(16(2)15-9)12(17)14-6-8-4-5-20(18,19)7-8/h8H,3-7,13H2,1-2H3,(H,14,17). The predicted octanol–water partition coefficient (Wildman–Crippen LogP) is -0.271. The van der Waals surface area contributed by atoms with Crippen molar-refractivity contribution in [3.63, 3.8) is 0 Å². The lowest BCUT2D eigenvalue weighted by Crippen LogP contribution is -2.31. The summed E-state index contributed by atoms with van der Waals surface area (Å²) in [5, 5.41) is 6.94. The van der Waals surface area contributed by atoms with Crippen LogP contribution in [-0.2, 0) is 23.3 Å². The molecule has 0 bridgehead atoms. The fourth-order valence-corrected chi connectivity index (χ4v) is 4.34. The van der Waals surface area contributed by atoms with Crippen LogP contribution in [0.4, 0.5) is 5.69 Å². The topological polar surface area (TPSA) is 107 Å². The Bertz CT molecular complexity index is 621. The molecule has 1 aliphatic rings. The fourth-order valence-electron chi connectivity index (χ4n) is 2.48. The van der Waals surface area contributed by atoms with E-state index in [0.717, 1.165) is 0 Å². The van der Waals surface area contributed by atoms with Crippen LogP contribution in [0, 0.1) is 5.92 Å². The highest BCUT2D eigenvalue weighted by molar-refractivity contribution is 7.91. The lowest BCUT2D eigenvalue weighted by Gasteiger charge is -2.10. The number of aryl methyl sites for hydroxylation is 2. The van der Waals surface area contributed by atoms with E-state index in [0.29, 0.717) is 36.5 Å². The Hall–Kier alpha value is -1.57. The van der Waals surface area contributed by atoms with E-state index in [1.807, 2.05) is 6.92 Å². The first-order chi connectivity index (χ1) is 9.34. The number of hydrogen-bond donors (Lipinski definition) is 2. The summed E-state index contributed by atoms with van der Waals surface area (Å²) in [4.78, 5) is 12.1. The highest BCUT2D eigenvalue weighted by Crippen LogP contribution is 2.19. The summed E-state index contributed by atoms with van der Waals surface area (Å²) in [7, 11) is -1.25.